The molecule has 2 heterocycles. The fourth-order valence-electron chi connectivity index (χ4n) is 4.47. The molecule has 6 heteroatoms. The molecule has 0 radical (unpaired) electrons. The standard InChI is InChI=1S/C26H26N4O2/c27-26(28-17-18-6-2-1-3-7-18)29-25(31)19-10-11-22-21-8-4-5-9-23(21)30(24(22)16-19)20-12-14-32-15-13-20/h1-11,16,20H,12-15,17H2,(H3,27,28,29,31). The van der Waals surface area contributed by atoms with Crippen LogP contribution in [-0.2, 0) is 11.3 Å². The topological polar surface area (TPSA) is 81.6 Å². The quantitative estimate of drug-likeness (QED) is 0.375. The molecule has 0 spiro atoms. The van der Waals surface area contributed by atoms with E-state index in [1.807, 2.05) is 48.5 Å². The molecule has 0 aliphatic carbocycles. The summed E-state index contributed by atoms with van der Waals surface area (Å²) in [5.41, 5.74) is 9.81. The van der Waals surface area contributed by atoms with Crippen LogP contribution >= 0.6 is 0 Å². The number of carbonyl (C=O) groups excluding carboxylic acids is 1. The average Bonchev–Trinajstić information content (AvgIpc) is 3.17. The third-order valence-electron chi connectivity index (χ3n) is 6.05. The Bertz CT molecular complexity index is 1290. The number of aromatic nitrogens is 1. The van der Waals surface area contributed by atoms with Crippen molar-refractivity contribution in [1.29, 1.82) is 0 Å². The number of carbonyl (C=O) groups is 1. The second kappa shape index (κ2) is 8.85. The summed E-state index contributed by atoms with van der Waals surface area (Å²) in [5.74, 6) is -0.238. The molecule has 1 saturated heterocycles. The molecule has 0 saturated carbocycles. The Kier molecular flexibility index (Phi) is 5.60. The summed E-state index contributed by atoms with van der Waals surface area (Å²) < 4.78 is 7.94. The molecule has 6 nitrogen and oxygen atoms in total. The summed E-state index contributed by atoms with van der Waals surface area (Å²) in [7, 11) is 0. The number of para-hydroxylation sites is 1. The Hall–Kier alpha value is -3.64. The Balaban J connectivity index is 1.47. The summed E-state index contributed by atoms with van der Waals surface area (Å²) >= 11 is 0. The van der Waals surface area contributed by atoms with Crippen LogP contribution in [0.2, 0.25) is 0 Å². The van der Waals surface area contributed by atoms with Crippen LogP contribution in [0.15, 0.2) is 77.8 Å². The highest BCUT2D eigenvalue weighted by Gasteiger charge is 2.21. The van der Waals surface area contributed by atoms with Crippen LogP contribution < -0.4 is 11.1 Å². The lowest BCUT2D eigenvalue weighted by molar-refractivity contribution is 0.0717. The van der Waals surface area contributed by atoms with Crippen LogP contribution in [0.3, 0.4) is 0 Å². The van der Waals surface area contributed by atoms with Crippen LogP contribution in [0.1, 0.15) is 34.8 Å². The van der Waals surface area contributed by atoms with Gasteiger partial charge in [0.05, 0.1) is 5.52 Å². The van der Waals surface area contributed by atoms with E-state index in [9.17, 15) is 4.79 Å². The van der Waals surface area contributed by atoms with Gasteiger partial charge < -0.3 is 20.4 Å². The van der Waals surface area contributed by atoms with E-state index in [1.165, 1.54) is 10.9 Å². The van der Waals surface area contributed by atoms with Gasteiger partial charge in [0.15, 0.2) is 5.96 Å². The van der Waals surface area contributed by atoms with E-state index in [1.54, 1.807) is 0 Å². The molecule has 0 atom stereocenters. The molecule has 0 unspecified atom stereocenters. The van der Waals surface area contributed by atoms with Gasteiger partial charge in [0.25, 0.3) is 5.91 Å². The largest absolute Gasteiger partial charge is 0.381 e. The van der Waals surface area contributed by atoms with Crippen molar-refractivity contribution in [3.8, 4) is 0 Å². The second-order valence-corrected chi connectivity index (χ2v) is 8.10. The third kappa shape index (κ3) is 3.97. The predicted molar refractivity (Wildman–Crippen MR) is 128 cm³/mol. The number of benzene rings is 3. The van der Waals surface area contributed by atoms with Crippen molar-refractivity contribution in [3.05, 3.63) is 83.9 Å². The zero-order valence-electron chi connectivity index (χ0n) is 17.8. The summed E-state index contributed by atoms with van der Waals surface area (Å²) in [5, 5.41) is 5.35. The number of nitrogens with one attached hydrogen (secondary N) is 1. The number of aliphatic imine (C=N–C) groups is 1. The van der Waals surface area contributed by atoms with Gasteiger partial charge in [-0.05, 0) is 36.6 Å². The average molecular weight is 427 g/mol. The Morgan fingerprint density at radius 3 is 2.50 bits per heavy atom. The van der Waals surface area contributed by atoms with Crippen LogP contribution in [-0.4, -0.2) is 29.6 Å². The maximum absolute atomic E-state index is 12.9. The maximum Gasteiger partial charge on any atom is 0.280 e. The van der Waals surface area contributed by atoms with Crippen LogP contribution in [0.25, 0.3) is 21.8 Å². The van der Waals surface area contributed by atoms with Crippen molar-refractivity contribution in [2.45, 2.75) is 25.4 Å². The van der Waals surface area contributed by atoms with E-state index in [4.69, 9.17) is 10.5 Å². The molecule has 162 valence electrons. The van der Waals surface area contributed by atoms with E-state index in [-0.39, 0.29) is 11.9 Å². The van der Waals surface area contributed by atoms with Gasteiger partial charge >= 0.3 is 0 Å². The lowest BCUT2D eigenvalue weighted by Gasteiger charge is -2.25. The van der Waals surface area contributed by atoms with Crippen molar-refractivity contribution < 1.29 is 9.53 Å². The van der Waals surface area contributed by atoms with E-state index in [2.05, 4.69) is 39.1 Å². The van der Waals surface area contributed by atoms with Gasteiger partial charge in [-0.15, -0.1) is 0 Å². The van der Waals surface area contributed by atoms with Crippen molar-refractivity contribution in [1.82, 2.24) is 9.88 Å². The summed E-state index contributed by atoms with van der Waals surface area (Å²) in [4.78, 5) is 17.0. The number of guanidine groups is 1. The lowest BCUT2D eigenvalue weighted by Crippen LogP contribution is -2.32. The Morgan fingerprint density at radius 2 is 1.69 bits per heavy atom. The van der Waals surface area contributed by atoms with Gasteiger partial charge in [-0.3, -0.25) is 4.79 Å². The monoisotopic (exact) mass is 426 g/mol. The first-order chi connectivity index (χ1) is 15.7. The zero-order chi connectivity index (χ0) is 21.9. The van der Waals surface area contributed by atoms with E-state index in [0.29, 0.717) is 18.2 Å². The van der Waals surface area contributed by atoms with E-state index >= 15 is 0 Å². The SMILES string of the molecule is N/C(=N\C(=O)c1ccc2c3ccccc3n(C3CCOCC3)c2c1)NCc1ccccc1. The first-order valence-corrected chi connectivity index (χ1v) is 11.0. The Morgan fingerprint density at radius 1 is 0.969 bits per heavy atom. The highest BCUT2D eigenvalue weighted by atomic mass is 16.5. The van der Waals surface area contributed by atoms with E-state index in [0.717, 1.165) is 42.5 Å². The minimum absolute atomic E-state index is 0.115. The highest BCUT2D eigenvalue weighted by Crippen LogP contribution is 2.35. The third-order valence-corrected chi connectivity index (χ3v) is 6.05. The molecule has 32 heavy (non-hydrogen) atoms. The van der Waals surface area contributed by atoms with Gasteiger partial charge in [-0.1, -0.05) is 54.6 Å². The highest BCUT2D eigenvalue weighted by molar-refractivity contribution is 6.11. The maximum atomic E-state index is 12.9. The minimum Gasteiger partial charge on any atom is -0.381 e. The molecular formula is C26H26N4O2. The van der Waals surface area contributed by atoms with Crippen molar-refractivity contribution >= 4 is 33.7 Å². The summed E-state index contributed by atoms with van der Waals surface area (Å²) in [6, 6.07) is 24.4. The van der Waals surface area contributed by atoms with Crippen LogP contribution in [0.4, 0.5) is 0 Å². The minimum atomic E-state index is -0.353. The molecular weight excluding hydrogens is 400 g/mol. The number of fused-ring (bicyclic) bond motifs is 3. The Labute approximate surface area is 186 Å². The molecule has 1 aliphatic heterocycles. The second-order valence-electron chi connectivity index (χ2n) is 8.10. The number of hydrogen-bond donors (Lipinski definition) is 2. The first-order valence-electron chi connectivity index (χ1n) is 11.0. The number of nitrogens with two attached hydrogens (primary N) is 1. The van der Waals surface area contributed by atoms with Gasteiger partial charge in [-0.25, -0.2) is 0 Å². The molecule has 3 aromatic carbocycles. The van der Waals surface area contributed by atoms with Crippen LogP contribution in [0, 0.1) is 0 Å². The summed E-state index contributed by atoms with van der Waals surface area (Å²) in [6.07, 6.45) is 1.92. The van der Waals surface area contributed by atoms with Crippen molar-refractivity contribution in [2.24, 2.45) is 10.7 Å². The summed E-state index contributed by atoms with van der Waals surface area (Å²) in [6.45, 7) is 2.02. The molecule has 4 aromatic rings. The zero-order valence-corrected chi connectivity index (χ0v) is 17.8. The van der Waals surface area contributed by atoms with Gasteiger partial charge in [0.1, 0.15) is 0 Å². The fourth-order valence-corrected chi connectivity index (χ4v) is 4.47. The fraction of sp³-hybridized carbons (Fsp3) is 0.231. The van der Waals surface area contributed by atoms with Crippen molar-refractivity contribution in [2.75, 3.05) is 13.2 Å². The molecule has 5 rings (SSSR count). The number of ether oxygens (including phenoxy) is 1. The van der Waals surface area contributed by atoms with Crippen molar-refractivity contribution in [3.63, 3.8) is 0 Å². The van der Waals surface area contributed by atoms with Gasteiger partial charge in [0, 0.05) is 47.7 Å². The first kappa shape index (κ1) is 20.3. The van der Waals surface area contributed by atoms with Gasteiger partial charge in [-0.2, -0.15) is 4.99 Å². The number of hydrogen-bond acceptors (Lipinski definition) is 2. The van der Waals surface area contributed by atoms with Gasteiger partial charge in [0.2, 0.25) is 0 Å². The molecule has 1 fully saturated rings. The van der Waals surface area contributed by atoms with Crippen LogP contribution in [0.5, 0.6) is 0 Å². The number of nitrogens with zero attached hydrogens (tertiary/aromatic N) is 2. The molecule has 0 bridgehead atoms. The number of amides is 1. The molecule has 1 amide bonds. The number of rotatable bonds is 4. The molecule has 3 N–H and O–H groups in total. The molecule has 1 aliphatic rings. The van der Waals surface area contributed by atoms with E-state index < -0.39 is 0 Å². The lowest BCUT2D eigenvalue weighted by atomic mass is 10.1. The predicted octanol–water partition coefficient (Wildman–Crippen LogP) is 4.39. The normalized spacial score (nSPS) is 15.3. The molecule has 1 aromatic heterocycles. The smallest absolute Gasteiger partial charge is 0.280 e.